The van der Waals surface area contributed by atoms with Crippen LogP contribution in [0.4, 0.5) is 5.69 Å². The minimum absolute atomic E-state index is 0.0924. The second kappa shape index (κ2) is 5.98. The van der Waals surface area contributed by atoms with Crippen LogP contribution in [0, 0.1) is 10.1 Å². The highest BCUT2D eigenvalue weighted by atomic mass is 79.9. The lowest BCUT2D eigenvalue weighted by Crippen LogP contribution is -1.97. The molecule has 0 radical (unpaired) electrons. The number of halogens is 1. The number of hydrogen-bond acceptors (Lipinski definition) is 5. The first kappa shape index (κ1) is 14.4. The highest BCUT2D eigenvalue weighted by Gasteiger charge is 2.19. The van der Waals surface area contributed by atoms with E-state index in [2.05, 4.69) is 20.9 Å². The quantitative estimate of drug-likeness (QED) is 0.679. The third kappa shape index (κ3) is 3.12. The van der Waals surface area contributed by atoms with Gasteiger partial charge in [-0.25, -0.2) is 4.98 Å². The van der Waals surface area contributed by atoms with Gasteiger partial charge in [0.1, 0.15) is 0 Å². The summed E-state index contributed by atoms with van der Waals surface area (Å²) < 4.78 is 5.92. The summed E-state index contributed by atoms with van der Waals surface area (Å²) in [5.74, 6) is 0.305. The van der Waals surface area contributed by atoms with Gasteiger partial charge in [-0.2, -0.15) is 0 Å². The van der Waals surface area contributed by atoms with Gasteiger partial charge in [0.15, 0.2) is 0 Å². The lowest BCUT2D eigenvalue weighted by Gasteiger charge is -2.08. The van der Waals surface area contributed by atoms with Crippen LogP contribution in [0.1, 0.15) is 18.6 Å². The maximum absolute atomic E-state index is 11.0. The number of hydrogen-bond donors (Lipinski definition) is 1. The van der Waals surface area contributed by atoms with Gasteiger partial charge in [-0.3, -0.25) is 10.1 Å². The van der Waals surface area contributed by atoms with Crippen LogP contribution in [0.5, 0.6) is 11.6 Å². The molecule has 0 saturated carbocycles. The van der Waals surface area contributed by atoms with Crippen LogP contribution in [0.2, 0.25) is 0 Å². The average Bonchev–Trinajstić information content (AvgIpc) is 2.41. The van der Waals surface area contributed by atoms with Crippen LogP contribution in [-0.4, -0.2) is 15.0 Å². The normalized spacial score (nSPS) is 11.9. The highest BCUT2D eigenvalue weighted by molar-refractivity contribution is 9.10. The molecule has 1 heterocycles. The first-order valence-corrected chi connectivity index (χ1v) is 6.53. The molecule has 0 aliphatic carbocycles. The van der Waals surface area contributed by atoms with Crippen molar-refractivity contribution in [1.29, 1.82) is 0 Å². The Morgan fingerprint density at radius 2 is 2.15 bits per heavy atom. The molecule has 1 atom stereocenters. The number of nitro benzene ring substituents is 1. The fourth-order valence-corrected chi connectivity index (χ4v) is 1.98. The molecule has 7 heteroatoms. The van der Waals surface area contributed by atoms with Crippen molar-refractivity contribution in [3.8, 4) is 11.6 Å². The van der Waals surface area contributed by atoms with Crippen molar-refractivity contribution in [2.24, 2.45) is 0 Å². The molecule has 0 fully saturated rings. The molecule has 2 rings (SSSR count). The number of ether oxygens (including phenoxy) is 1. The molecule has 0 amide bonds. The van der Waals surface area contributed by atoms with E-state index in [9.17, 15) is 15.2 Å². The van der Waals surface area contributed by atoms with Crippen LogP contribution >= 0.6 is 15.9 Å². The van der Waals surface area contributed by atoms with E-state index in [1.165, 1.54) is 12.3 Å². The van der Waals surface area contributed by atoms with E-state index in [0.29, 0.717) is 10.0 Å². The maximum atomic E-state index is 11.0. The van der Waals surface area contributed by atoms with E-state index >= 15 is 0 Å². The molecule has 0 aliphatic heterocycles. The molecule has 1 aromatic carbocycles. The van der Waals surface area contributed by atoms with E-state index < -0.39 is 11.0 Å². The number of pyridine rings is 1. The summed E-state index contributed by atoms with van der Waals surface area (Å²) in [6, 6.07) is 7.75. The monoisotopic (exact) mass is 338 g/mol. The van der Waals surface area contributed by atoms with Gasteiger partial charge in [0, 0.05) is 18.3 Å². The summed E-state index contributed by atoms with van der Waals surface area (Å²) >= 11 is 3.21. The Bertz CT molecular complexity index is 629. The molecule has 6 nitrogen and oxygen atoms in total. The van der Waals surface area contributed by atoms with Gasteiger partial charge >= 0.3 is 5.69 Å². The Hall–Kier alpha value is -1.99. The summed E-state index contributed by atoms with van der Waals surface area (Å²) in [6.07, 6.45) is 0.831. The second-order valence-corrected chi connectivity index (χ2v) is 4.91. The lowest BCUT2D eigenvalue weighted by molar-refractivity contribution is -0.385. The largest absolute Gasteiger partial charge is 0.431 e. The van der Waals surface area contributed by atoms with Crippen LogP contribution in [0.25, 0.3) is 0 Å². The number of nitrogens with zero attached hydrogens (tertiary/aromatic N) is 2. The van der Waals surface area contributed by atoms with Crippen LogP contribution in [0.3, 0.4) is 0 Å². The number of aromatic nitrogens is 1. The van der Waals surface area contributed by atoms with E-state index in [1.807, 2.05) is 0 Å². The SMILES string of the molecule is C[C@H](O)c1ccc(Oc2c(Br)cccc2[N+](=O)[O-])nc1. The van der Waals surface area contributed by atoms with E-state index in [-0.39, 0.29) is 17.3 Å². The Balaban J connectivity index is 2.32. The molecule has 0 aliphatic rings. The fourth-order valence-electron chi connectivity index (χ4n) is 1.55. The second-order valence-electron chi connectivity index (χ2n) is 4.05. The van der Waals surface area contributed by atoms with Crippen molar-refractivity contribution >= 4 is 21.6 Å². The molecular formula is C13H11BrN2O4. The van der Waals surface area contributed by atoms with Gasteiger partial charge in [-0.15, -0.1) is 0 Å². The third-order valence-electron chi connectivity index (χ3n) is 2.59. The Kier molecular flexibility index (Phi) is 4.31. The molecule has 0 bridgehead atoms. The van der Waals surface area contributed by atoms with E-state index in [0.717, 1.165) is 0 Å². The number of aliphatic hydroxyl groups excluding tert-OH is 1. The molecular weight excluding hydrogens is 328 g/mol. The third-order valence-corrected chi connectivity index (χ3v) is 3.22. The number of para-hydroxylation sites is 1. The zero-order valence-electron chi connectivity index (χ0n) is 10.5. The smallest absolute Gasteiger partial charge is 0.312 e. The Morgan fingerprint density at radius 3 is 2.70 bits per heavy atom. The van der Waals surface area contributed by atoms with Gasteiger partial charge in [-0.1, -0.05) is 6.07 Å². The van der Waals surface area contributed by atoms with Crippen LogP contribution in [0.15, 0.2) is 41.0 Å². The van der Waals surface area contributed by atoms with Crippen molar-refractivity contribution in [3.63, 3.8) is 0 Å². The zero-order chi connectivity index (χ0) is 14.7. The molecule has 1 aromatic heterocycles. The average molecular weight is 339 g/mol. The number of nitro groups is 1. The molecule has 2 aromatic rings. The first-order valence-electron chi connectivity index (χ1n) is 5.74. The number of aliphatic hydroxyl groups is 1. The van der Waals surface area contributed by atoms with Crippen molar-refractivity contribution in [1.82, 2.24) is 4.98 Å². The highest BCUT2D eigenvalue weighted by Crippen LogP contribution is 2.37. The molecule has 0 spiro atoms. The predicted molar refractivity (Wildman–Crippen MR) is 75.7 cm³/mol. The van der Waals surface area contributed by atoms with E-state index in [4.69, 9.17) is 4.74 Å². The van der Waals surface area contributed by atoms with Crippen molar-refractivity contribution in [2.75, 3.05) is 0 Å². The zero-order valence-corrected chi connectivity index (χ0v) is 12.1. The minimum Gasteiger partial charge on any atom is -0.431 e. The Morgan fingerprint density at radius 1 is 1.40 bits per heavy atom. The summed E-state index contributed by atoms with van der Waals surface area (Å²) in [5, 5.41) is 20.3. The lowest BCUT2D eigenvalue weighted by atomic mass is 10.2. The standard InChI is InChI=1S/C13H11BrN2O4/c1-8(17)9-5-6-12(15-7-9)20-13-10(14)3-2-4-11(13)16(18)19/h2-8,17H,1H3/t8-/m0/s1. The summed E-state index contributed by atoms with van der Waals surface area (Å²) in [6.45, 7) is 1.62. The first-order chi connectivity index (χ1) is 9.49. The molecule has 0 unspecified atom stereocenters. The topological polar surface area (TPSA) is 85.5 Å². The van der Waals surface area contributed by atoms with Crippen molar-refractivity contribution in [3.05, 3.63) is 56.7 Å². The van der Waals surface area contributed by atoms with Crippen molar-refractivity contribution in [2.45, 2.75) is 13.0 Å². The van der Waals surface area contributed by atoms with Crippen molar-refractivity contribution < 1.29 is 14.8 Å². The Labute approximate surface area is 123 Å². The molecule has 104 valence electrons. The summed E-state index contributed by atoms with van der Waals surface area (Å²) in [7, 11) is 0. The van der Waals surface area contributed by atoms with Crippen LogP contribution < -0.4 is 4.74 Å². The minimum atomic E-state index is -0.630. The number of benzene rings is 1. The van der Waals surface area contributed by atoms with Gasteiger partial charge in [0.05, 0.1) is 15.5 Å². The van der Waals surface area contributed by atoms with E-state index in [1.54, 1.807) is 31.2 Å². The molecule has 20 heavy (non-hydrogen) atoms. The van der Waals surface area contributed by atoms with Gasteiger partial charge in [0.2, 0.25) is 11.6 Å². The van der Waals surface area contributed by atoms with Gasteiger partial charge in [-0.05, 0) is 40.5 Å². The predicted octanol–water partition coefficient (Wildman–Crippen LogP) is 3.60. The number of rotatable bonds is 4. The maximum Gasteiger partial charge on any atom is 0.312 e. The molecule has 1 N–H and O–H groups in total. The molecule has 0 saturated heterocycles. The summed E-state index contributed by atoms with van der Waals surface area (Å²) in [5.41, 5.74) is 0.486. The summed E-state index contributed by atoms with van der Waals surface area (Å²) in [4.78, 5) is 14.4. The van der Waals surface area contributed by atoms with Gasteiger partial charge in [0.25, 0.3) is 0 Å². The van der Waals surface area contributed by atoms with Gasteiger partial charge < -0.3 is 9.84 Å². The fraction of sp³-hybridized carbons (Fsp3) is 0.154. The van der Waals surface area contributed by atoms with Crippen LogP contribution in [-0.2, 0) is 0 Å².